The molecule has 6 atom stereocenters. The van der Waals surface area contributed by atoms with E-state index in [0.29, 0.717) is 0 Å². The first kappa shape index (κ1) is 8.40. The van der Waals surface area contributed by atoms with Crippen LogP contribution in [0.15, 0.2) is 0 Å². The van der Waals surface area contributed by atoms with Crippen molar-refractivity contribution >= 4 is 0 Å². The maximum absolute atomic E-state index is 9.45. The van der Waals surface area contributed by atoms with Crippen molar-refractivity contribution < 1.29 is 24.8 Å². The summed E-state index contributed by atoms with van der Waals surface area (Å²) < 4.78 is 10.1. The molecule has 5 nitrogen and oxygen atoms in total. The van der Waals surface area contributed by atoms with Gasteiger partial charge in [-0.2, -0.15) is 0 Å². The van der Waals surface area contributed by atoms with Gasteiger partial charge in [-0.15, -0.1) is 0 Å². The molecular weight excluding hydrogens is 164 g/mol. The minimum absolute atomic E-state index is 0.520. The lowest BCUT2D eigenvalue weighted by molar-refractivity contribution is -0.0949. The number of aliphatic hydroxyl groups is 3. The second-order valence-corrected chi connectivity index (χ2v) is 3.24. The lowest BCUT2D eigenvalue weighted by Gasteiger charge is -2.29. The third-order valence-corrected chi connectivity index (χ3v) is 2.61. The SMILES string of the molecule is CO[C@H]1[C@H](O)[C@H]2O[C@@H]1[C@@H](O)[C@H]2O. The van der Waals surface area contributed by atoms with Crippen LogP contribution in [0, 0.1) is 0 Å². The molecule has 2 saturated heterocycles. The van der Waals surface area contributed by atoms with E-state index in [0.717, 1.165) is 0 Å². The van der Waals surface area contributed by atoms with Crippen molar-refractivity contribution in [2.24, 2.45) is 0 Å². The van der Waals surface area contributed by atoms with Crippen molar-refractivity contribution in [3.63, 3.8) is 0 Å². The van der Waals surface area contributed by atoms with E-state index in [1.807, 2.05) is 0 Å². The predicted octanol–water partition coefficient (Wildman–Crippen LogP) is -2.13. The fourth-order valence-corrected chi connectivity index (χ4v) is 1.94. The van der Waals surface area contributed by atoms with Gasteiger partial charge in [0.1, 0.15) is 36.6 Å². The number of aliphatic hydroxyl groups excluding tert-OH is 3. The number of ether oxygens (including phenoxy) is 2. The minimum Gasteiger partial charge on any atom is -0.387 e. The Morgan fingerprint density at radius 2 is 1.58 bits per heavy atom. The molecule has 0 radical (unpaired) electrons. The van der Waals surface area contributed by atoms with Crippen molar-refractivity contribution in [3.8, 4) is 0 Å². The highest BCUT2D eigenvalue weighted by Gasteiger charge is 2.59. The number of hydrogen-bond acceptors (Lipinski definition) is 5. The predicted molar refractivity (Wildman–Crippen MR) is 37.5 cm³/mol. The second-order valence-electron chi connectivity index (χ2n) is 3.24. The van der Waals surface area contributed by atoms with Gasteiger partial charge < -0.3 is 24.8 Å². The molecule has 2 rings (SSSR count). The van der Waals surface area contributed by atoms with E-state index in [-0.39, 0.29) is 0 Å². The summed E-state index contributed by atoms with van der Waals surface area (Å²) in [5, 5.41) is 28.1. The summed E-state index contributed by atoms with van der Waals surface area (Å²) in [5.74, 6) is 0. The normalized spacial score (nSPS) is 58.0. The monoisotopic (exact) mass is 176 g/mol. The van der Waals surface area contributed by atoms with Crippen molar-refractivity contribution in [1.29, 1.82) is 0 Å². The number of methoxy groups -OCH3 is 1. The smallest absolute Gasteiger partial charge is 0.115 e. The molecule has 0 aromatic heterocycles. The summed E-state index contributed by atoms with van der Waals surface area (Å²) in [5.41, 5.74) is 0. The van der Waals surface area contributed by atoms with Gasteiger partial charge in [0.15, 0.2) is 0 Å². The fourth-order valence-electron chi connectivity index (χ4n) is 1.94. The molecule has 0 amide bonds. The molecule has 5 heteroatoms. The van der Waals surface area contributed by atoms with E-state index in [9.17, 15) is 15.3 Å². The molecule has 2 bridgehead atoms. The molecule has 2 fully saturated rings. The van der Waals surface area contributed by atoms with Crippen LogP contribution < -0.4 is 0 Å². The van der Waals surface area contributed by atoms with E-state index in [4.69, 9.17) is 9.47 Å². The van der Waals surface area contributed by atoms with Crippen LogP contribution in [-0.2, 0) is 9.47 Å². The van der Waals surface area contributed by atoms with Crippen molar-refractivity contribution in [2.75, 3.05) is 7.11 Å². The standard InChI is InChI=1S/C7H12O5/c1-11-6-4(10)5-2(8)3(9)7(6)12-5/h2-10H,1H3/t2-,3+,4-,5+,6+,7-/m1/s1. The zero-order chi connectivity index (χ0) is 8.88. The number of fused-ring (bicyclic) bond motifs is 2. The Morgan fingerprint density at radius 3 is 2.08 bits per heavy atom. The van der Waals surface area contributed by atoms with E-state index >= 15 is 0 Å². The van der Waals surface area contributed by atoms with Gasteiger partial charge in [0.2, 0.25) is 0 Å². The summed E-state index contributed by atoms with van der Waals surface area (Å²) >= 11 is 0. The molecule has 3 N–H and O–H groups in total. The van der Waals surface area contributed by atoms with Crippen molar-refractivity contribution in [2.45, 2.75) is 36.6 Å². The van der Waals surface area contributed by atoms with Gasteiger partial charge in [-0.1, -0.05) is 0 Å². The molecule has 0 unspecified atom stereocenters. The molecule has 2 heterocycles. The third kappa shape index (κ3) is 0.855. The van der Waals surface area contributed by atoms with Gasteiger partial charge in [-0.05, 0) is 0 Å². The highest BCUT2D eigenvalue weighted by Crippen LogP contribution is 2.36. The zero-order valence-electron chi connectivity index (χ0n) is 6.62. The first-order chi connectivity index (χ1) is 5.66. The van der Waals surface area contributed by atoms with E-state index in [1.165, 1.54) is 7.11 Å². The lowest BCUT2D eigenvalue weighted by Crippen LogP contribution is -2.52. The van der Waals surface area contributed by atoms with Crippen molar-refractivity contribution in [1.82, 2.24) is 0 Å². The van der Waals surface area contributed by atoms with Gasteiger partial charge in [0.05, 0.1) is 0 Å². The van der Waals surface area contributed by atoms with Gasteiger partial charge in [-0.3, -0.25) is 0 Å². The van der Waals surface area contributed by atoms with Gasteiger partial charge in [0, 0.05) is 7.11 Å². The molecule has 0 aromatic carbocycles. The first-order valence-electron chi connectivity index (χ1n) is 3.89. The highest BCUT2D eigenvalue weighted by atomic mass is 16.6. The topological polar surface area (TPSA) is 79.2 Å². The summed E-state index contributed by atoms with van der Waals surface area (Å²) in [6.45, 7) is 0. The van der Waals surface area contributed by atoms with E-state index in [1.54, 1.807) is 0 Å². The Morgan fingerprint density at radius 1 is 1.00 bits per heavy atom. The van der Waals surface area contributed by atoms with Crippen LogP contribution >= 0.6 is 0 Å². The summed E-state index contributed by atoms with van der Waals surface area (Å²) in [6, 6.07) is 0. The molecule has 0 aliphatic carbocycles. The van der Waals surface area contributed by atoms with Crippen LogP contribution in [0.4, 0.5) is 0 Å². The molecule has 70 valence electrons. The zero-order valence-corrected chi connectivity index (χ0v) is 6.62. The molecule has 2 aliphatic rings. The molecule has 2 aliphatic heterocycles. The average molecular weight is 176 g/mol. The summed E-state index contributed by atoms with van der Waals surface area (Å²) in [7, 11) is 1.44. The van der Waals surface area contributed by atoms with Gasteiger partial charge in [-0.25, -0.2) is 0 Å². The Hall–Kier alpha value is -0.200. The fraction of sp³-hybridized carbons (Fsp3) is 1.00. The molecule has 12 heavy (non-hydrogen) atoms. The summed E-state index contributed by atoms with van der Waals surface area (Å²) in [4.78, 5) is 0. The van der Waals surface area contributed by atoms with Crippen LogP contribution in [0.1, 0.15) is 0 Å². The van der Waals surface area contributed by atoms with Gasteiger partial charge in [0.25, 0.3) is 0 Å². The quantitative estimate of drug-likeness (QED) is 0.425. The Kier molecular flexibility index (Phi) is 1.85. The Labute approximate surface area is 69.5 Å². The van der Waals surface area contributed by atoms with Crippen LogP contribution in [0.3, 0.4) is 0 Å². The van der Waals surface area contributed by atoms with E-state index < -0.39 is 36.6 Å². The highest BCUT2D eigenvalue weighted by molar-refractivity contribution is 5.07. The van der Waals surface area contributed by atoms with Crippen molar-refractivity contribution in [3.05, 3.63) is 0 Å². The Balaban J connectivity index is 2.18. The maximum atomic E-state index is 9.45. The molecule has 0 aromatic rings. The maximum Gasteiger partial charge on any atom is 0.115 e. The first-order valence-corrected chi connectivity index (χ1v) is 3.89. The van der Waals surface area contributed by atoms with Crippen LogP contribution in [-0.4, -0.2) is 59.1 Å². The molecule has 0 saturated carbocycles. The van der Waals surface area contributed by atoms with Crippen LogP contribution in [0.2, 0.25) is 0 Å². The van der Waals surface area contributed by atoms with Crippen LogP contribution in [0.25, 0.3) is 0 Å². The average Bonchev–Trinajstić information content (AvgIpc) is 2.51. The number of rotatable bonds is 1. The third-order valence-electron chi connectivity index (χ3n) is 2.61. The number of hydrogen-bond donors (Lipinski definition) is 3. The largest absolute Gasteiger partial charge is 0.387 e. The van der Waals surface area contributed by atoms with E-state index in [2.05, 4.69) is 0 Å². The van der Waals surface area contributed by atoms with Gasteiger partial charge >= 0.3 is 0 Å². The lowest BCUT2D eigenvalue weighted by atomic mass is 9.90. The molecule has 0 spiro atoms. The Bertz CT molecular complexity index is 183. The minimum atomic E-state index is -0.989. The second kappa shape index (κ2) is 2.65. The summed E-state index contributed by atoms with van der Waals surface area (Å²) in [6.07, 6.45) is -4.58. The molecular formula is C7H12O5. The van der Waals surface area contributed by atoms with Crippen LogP contribution in [0.5, 0.6) is 0 Å².